The Balaban J connectivity index is 0.00000261. The molecule has 0 spiro atoms. The van der Waals surface area contributed by atoms with E-state index in [9.17, 15) is 14.7 Å². The van der Waals surface area contributed by atoms with Crippen LogP contribution in [0.25, 0.3) is 11.0 Å². The summed E-state index contributed by atoms with van der Waals surface area (Å²) in [4.78, 5) is 31.5. The number of carbonyl (C=O) groups is 1. The van der Waals surface area contributed by atoms with Crippen LogP contribution in [-0.2, 0) is 14.3 Å². The fourth-order valence-corrected chi connectivity index (χ4v) is 3.83. The topological polar surface area (TPSA) is 126 Å². The van der Waals surface area contributed by atoms with Crippen molar-refractivity contribution in [3.8, 4) is 0 Å². The number of fused-ring (bicyclic) bond motifs is 1. The zero-order valence-corrected chi connectivity index (χ0v) is 15.8. The molecule has 3 N–H and O–H groups in total. The highest BCUT2D eigenvalue weighted by atomic mass is 32.1. The van der Waals surface area contributed by atoms with Crippen LogP contribution in [0.5, 0.6) is 0 Å². The van der Waals surface area contributed by atoms with Crippen molar-refractivity contribution < 1.29 is 19.4 Å². The average molecular weight is 398 g/mol. The largest absolute Gasteiger partial charge is 0.387 e. The van der Waals surface area contributed by atoms with Gasteiger partial charge in [-0.1, -0.05) is 28.2 Å². The van der Waals surface area contributed by atoms with Gasteiger partial charge < -0.3 is 14.6 Å². The maximum absolute atomic E-state index is 12.3. The Hall–Kier alpha value is -1.88. The van der Waals surface area contributed by atoms with Crippen LogP contribution in [-0.4, -0.2) is 50.8 Å². The van der Waals surface area contributed by atoms with E-state index in [4.69, 9.17) is 9.47 Å². The molecule has 9 nitrogen and oxygen atoms in total. The van der Waals surface area contributed by atoms with Gasteiger partial charge in [-0.3, -0.25) is 19.9 Å². The number of ether oxygens (including phenoxy) is 2. The number of aromatic amines is 1. The highest BCUT2D eigenvalue weighted by Gasteiger charge is 2.45. The van der Waals surface area contributed by atoms with Gasteiger partial charge in [-0.25, -0.2) is 4.98 Å². The third-order valence-electron chi connectivity index (χ3n) is 4.40. The molecular formula is C17H26N4O5S. The molecule has 1 saturated heterocycles. The summed E-state index contributed by atoms with van der Waals surface area (Å²) >= 11 is 1.05. The average Bonchev–Trinajstić information content (AvgIpc) is 3.15. The van der Waals surface area contributed by atoms with E-state index in [1.807, 2.05) is 6.92 Å². The number of rotatable bonds is 5. The van der Waals surface area contributed by atoms with Gasteiger partial charge in [0.2, 0.25) is 11.9 Å². The van der Waals surface area contributed by atoms with E-state index in [1.54, 1.807) is 13.8 Å². The van der Waals surface area contributed by atoms with E-state index >= 15 is 0 Å². The summed E-state index contributed by atoms with van der Waals surface area (Å²) in [5, 5.41) is 13.2. The Bertz CT molecular complexity index is 865. The van der Waals surface area contributed by atoms with Crippen LogP contribution in [0.3, 0.4) is 0 Å². The van der Waals surface area contributed by atoms with E-state index in [-0.39, 0.29) is 36.8 Å². The third-order valence-corrected chi connectivity index (χ3v) is 5.29. The molecule has 3 rings (SSSR count). The minimum absolute atomic E-state index is 0. The Kier molecular flexibility index (Phi) is 6.68. The molecule has 0 aromatic carbocycles. The van der Waals surface area contributed by atoms with Gasteiger partial charge >= 0.3 is 0 Å². The maximum atomic E-state index is 12.3. The van der Waals surface area contributed by atoms with E-state index in [2.05, 4.69) is 19.7 Å². The lowest BCUT2D eigenvalue weighted by Crippen LogP contribution is -2.32. The number of aliphatic hydroxyl groups excluding tert-OH is 1. The van der Waals surface area contributed by atoms with Crippen molar-refractivity contribution in [2.24, 2.45) is 5.92 Å². The number of hydrogen-bond acceptors (Lipinski definition) is 8. The zero-order chi connectivity index (χ0) is 19.0. The highest BCUT2D eigenvalue weighted by molar-refractivity contribution is 7.07. The first-order chi connectivity index (χ1) is 12.4. The van der Waals surface area contributed by atoms with Crippen molar-refractivity contribution in [2.75, 3.05) is 12.4 Å². The minimum atomic E-state index is -0.900. The molecule has 27 heavy (non-hydrogen) atoms. The molecule has 0 aliphatic carbocycles. The van der Waals surface area contributed by atoms with Crippen LogP contribution in [0, 0.1) is 5.92 Å². The predicted molar refractivity (Wildman–Crippen MR) is 103 cm³/mol. The number of nitrogens with zero attached hydrogens (tertiary/aromatic N) is 2. The molecule has 0 radical (unpaired) electrons. The van der Waals surface area contributed by atoms with Crippen LogP contribution in [0.1, 0.15) is 45.6 Å². The number of anilines is 1. The third kappa shape index (κ3) is 3.88. The van der Waals surface area contributed by atoms with Crippen LogP contribution in [0.15, 0.2) is 4.79 Å². The lowest BCUT2D eigenvalue weighted by molar-refractivity contribution is -0.118. The lowest BCUT2D eigenvalue weighted by atomic mass is 10.0. The predicted octanol–water partition coefficient (Wildman–Crippen LogP) is 1.84. The van der Waals surface area contributed by atoms with Gasteiger partial charge in [0.15, 0.2) is 5.52 Å². The second-order valence-electron chi connectivity index (χ2n) is 6.50. The zero-order valence-electron chi connectivity index (χ0n) is 15.0. The monoisotopic (exact) mass is 398 g/mol. The Morgan fingerprint density at radius 2 is 2.15 bits per heavy atom. The highest BCUT2D eigenvalue weighted by Crippen LogP contribution is 2.40. The number of amides is 1. The summed E-state index contributed by atoms with van der Waals surface area (Å²) in [5.74, 6) is -0.478. The fourth-order valence-electron chi connectivity index (χ4n) is 2.94. The maximum Gasteiger partial charge on any atom is 0.279 e. The van der Waals surface area contributed by atoms with Gasteiger partial charge in [0, 0.05) is 13.0 Å². The molecule has 1 aliphatic heterocycles. The molecule has 2 aromatic heterocycles. The Morgan fingerprint density at radius 1 is 1.44 bits per heavy atom. The molecule has 10 heteroatoms. The van der Waals surface area contributed by atoms with Crippen LogP contribution >= 0.6 is 11.5 Å². The summed E-state index contributed by atoms with van der Waals surface area (Å²) in [6, 6.07) is 0. The van der Waals surface area contributed by atoms with Crippen molar-refractivity contribution in [1.82, 2.24) is 14.3 Å². The molecule has 1 amide bonds. The van der Waals surface area contributed by atoms with E-state index in [0.717, 1.165) is 11.5 Å². The molecule has 0 unspecified atom stereocenters. The van der Waals surface area contributed by atoms with Crippen LogP contribution in [0.2, 0.25) is 0 Å². The second-order valence-corrected chi connectivity index (χ2v) is 7.30. The lowest BCUT2D eigenvalue weighted by Gasteiger charge is -2.16. The molecule has 4 atom stereocenters. The first-order valence-corrected chi connectivity index (χ1v) is 9.21. The number of methoxy groups -OCH3 is 1. The summed E-state index contributed by atoms with van der Waals surface area (Å²) in [7, 11) is 1.52. The minimum Gasteiger partial charge on any atom is -0.387 e. The van der Waals surface area contributed by atoms with Crippen molar-refractivity contribution in [3.05, 3.63) is 15.2 Å². The standard InChI is InChI=1S/C16H22N4O5S.CH4/c1-5-7-11(24-4)10(21)12(25-7)13-8-9(20-26-13)15(23)19-16(17-8)18-14(22)6(2)3;/h6-7,10-12,21H,5H2,1-4H3,(H2,17,18,19,22,23);1H4/t7-,10-,11-,12-;/m1./s1. The van der Waals surface area contributed by atoms with Gasteiger partial charge in [0.05, 0.1) is 11.0 Å². The normalized spacial score (nSPS) is 25.0. The number of aliphatic hydroxyl groups is 1. The molecule has 0 bridgehead atoms. The van der Waals surface area contributed by atoms with Gasteiger partial charge in [-0.05, 0) is 18.0 Å². The smallest absolute Gasteiger partial charge is 0.279 e. The van der Waals surface area contributed by atoms with Crippen molar-refractivity contribution >= 4 is 34.4 Å². The number of carbonyl (C=O) groups excluding carboxylic acids is 1. The van der Waals surface area contributed by atoms with E-state index < -0.39 is 23.9 Å². The van der Waals surface area contributed by atoms with E-state index in [0.29, 0.717) is 16.8 Å². The summed E-state index contributed by atoms with van der Waals surface area (Å²) < 4.78 is 15.4. The Morgan fingerprint density at radius 3 is 2.70 bits per heavy atom. The molecule has 1 fully saturated rings. The van der Waals surface area contributed by atoms with E-state index in [1.165, 1.54) is 7.11 Å². The van der Waals surface area contributed by atoms with Crippen molar-refractivity contribution in [1.29, 1.82) is 0 Å². The quantitative estimate of drug-likeness (QED) is 0.701. The first-order valence-electron chi connectivity index (χ1n) is 8.44. The molecule has 150 valence electrons. The molecule has 2 aromatic rings. The van der Waals surface area contributed by atoms with Crippen LogP contribution < -0.4 is 10.9 Å². The van der Waals surface area contributed by atoms with Gasteiger partial charge in [-0.2, -0.15) is 4.37 Å². The van der Waals surface area contributed by atoms with Crippen molar-refractivity contribution in [3.63, 3.8) is 0 Å². The molecule has 1 aliphatic rings. The molecule has 3 heterocycles. The Labute approximate surface area is 161 Å². The van der Waals surface area contributed by atoms with Gasteiger partial charge in [0.25, 0.3) is 5.56 Å². The van der Waals surface area contributed by atoms with Gasteiger partial charge in [-0.15, -0.1) is 0 Å². The van der Waals surface area contributed by atoms with Crippen molar-refractivity contribution in [2.45, 2.75) is 59.0 Å². The number of nitrogens with one attached hydrogen (secondary N) is 2. The fraction of sp³-hybridized carbons (Fsp3) is 0.647. The first kappa shape index (κ1) is 21.4. The van der Waals surface area contributed by atoms with Crippen LogP contribution in [0.4, 0.5) is 5.95 Å². The molecule has 0 saturated carbocycles. The van der Waals surface area contributed by atoms with Gasteiger partial charge in [0.1, 0.15) is 23.8 Å². The number of aromatic nitrogens is 3. The summed E-state index contributed by atoms with van der Waals surface area (Å²) in [6.07, 6.45) is -1.65. The summed E-state index contributed by atoms with van der Waals surface area (Å²) in [6.45, 7) is 5.42. The SMILES string of the molecule is C.CC[C@H]1O[C@@H](c2snc3c(=O)[nH]c(NC(=O)C(C)C)nc23)[C@H](O)[C@@H]1OC. The number of hydrogen-bond donors (Lipinski definition) is 3. The summed E-state index contributed by atoms with van der Waals surface area (Å²) in [5.41, 5.74) is 0.00472. The second kappa shape index (κ2) is 8.42. The number of H-pyrrole nitrogens is 1. The molecular weight excluding hydrogens is 372 g/mol.